The van der Waals surface area contributed by atoms with Crippen LogP contribution in [-0.4, -0.2) is 14.7 Å². The first-order valence-corrected chi connectivity index (χ1v) is 6.05. The zero-order chi connectivity index (χ0) is 14.3. The van der Waals surface area contributed by atoms with Gasteiger partial charge in [0.15, 0.2) is 4.77 Å². The molecule has 0 unspecified atom stereocenters. The van der Waals surface area contributed by atoms with E-state index in [9.17, 15) is 13.2 Å². The highest BCUT2D eigenvalue weighted by Gasteiger charge is 2.30. The van der Waals surface area contributed by atoms with Gasteiger partial charge in [-0.05, 0) is 30.4 Å². The standard InChI is InChI=1S/C12H8F3N3OS/c13-12(14,15)7-1-2-10-9(5-7)16-11(20)18(10)6-8-3-4-19-17-8/h1-5H,6H2,(H,16,20). The molecule has 0 radical (unpaired) electrons. The first-order chi connectivity index (χ1) is 9.45. The lowest BCUT2D eigenvalue weighted by atomic mass is 10.2. The van der Waals surface area contributed by atoms with Crippen molar-refractivity contribution in [1.82, 2.24) is 14.7 Å². The average molecular weight is 299 g/mol. The van der Waals surface area contributed by atoms with E-state index in [1.807, 2.05) is 0 Å². The molecule has 0 aliphatic carbocycles. The highest BCUT2D eigenvalue weighted by Crippen LogP contribution is 2.31. The van der Waals surface area contributed by atoms with Crippen molar-refractivity contribution in [2.75, 3.05) is 0 Å². The number of hydrogen-bond donors (Lipinski definition) is 1. The van der Waals surface area contributed by atoms with E-state index in [1.54, 1.807) is 10.6 Å². The predicted molar refractivity (Wildman–Crippen MR) is 67.7 cm³/mol. The molecular formula is C12H8F3N3OS. The maximum atomic E-state index is 12.7. The Balaban J connectivity index is 2.10. The molecule has 3 aromatic rings. The first kappa shape index (κ1) is 12.9. The van der Waals surface area contributed by atoms with Crippen LogP contribution in [0.15, 0.2) is 35.1 Å². The Labute approximate surface area is 115 Å². The maximum Gasteiger partial charge on any atom is 0.416 e. The second-order valence-electron chi connectivity index (χ2n) is 4.24. The SMILES string of the molecule is FC(F)(F)c1ccc2c(c1)[nH]c(=S)n2Cc1ccon1. The van der Waals surface area contributed by atoms with Crippen LogP contribution in [0.4, 0.5) is 13.2 Å². The van der Waals surface area contributed by atoms with Gasteiger partial charge in [0, 0.05) is 6.07 Å². The minimum Gasteiger partial charge on any atom is -0.364 e. The summed E-state index contributed by atoms with van der Waals surface area (Å²) in [5.41, 5.74) is 0.857. The molecule has 0 bridgehead atoms. The molecule has 0 saturated heterocycles. The molecule has 2 heterocycles. The second kappa shape index (κ2) is 4.48. The van der Waals surface area contributed by atoms with E-state index < -0.39 is 11.7 Å². The minimum atomic E-state index is -4.38. The fourth-order valence-corrected chi connectivity index (χ4v) is 2.25. The lowest BCUT2D eigenvalue weighted by molar-refractivity contribution is -0.137. The van der Waals surface area contributed by atoms with E-state index in [1.165, 1.54) is 12.3 Å². The molecule has 1 aromatic carbocycles. The summed E-state index contributed by atoms with van der Waals surface area (Å²) in [4.78, 5) is 2.77. The Morgan fingerprint density at radius 1 is 1.30 bits per heavy atom. The summed E-state index contributed by atoms with van der Waals surface area (Å²) in [5.74, 6) is 0. The number of rotatable bonds is 2. The van der Waals surface area contributed by atoms with Gasteiger partial charge in [-0.1, -0.05) is 5.16 Å². The third-order valence-corrected chi connectivity index (χ3v) is 3.24. The molecular weight excluding hydrogens is 291 g/mol. The average Bonchev–Trinajstić information content (AvgIpc) is 2.97. The Morgan fingerprint density at radius 3 is 2.75 bits per heavy atom. The molecule has 2 aromatic heterocycles. The van der Waals surface area contributed by atoms with Gasteiger partial charge in [0.25, 0.3) is 0 Å². The van der Waals surface area contributed by atoms with Crippen LogP contribution in [0, 0.1) is 4.77 Å². The number of nitrogens with one attached hydrogen (secondary N) is 1. The number of hydrogen-bond acceptors (Lipinski definition) is 3. The number of H-pyrrole nitrogens is 1. The molecule has 20 heavy (non-hydrogen) atoms. The highest BCUT2D eigenvalue weighted by molar-refractivity contribution is 7.71. The van der Waals surface area contributed by atoms with Gasteiger partial charge in [0.1, 0.15) is 12.0 Å². The van der Waals surface area contributed by atoms with Crippen LogP contribution in [0.3, 0.4) is 0 Å². The summed E-state index contributed by atoms with van der Waals surface area (Å²) in [7, 11) is 0. The summed E-state index contributed by atoms with van der Waals surface area (Å²) in [6.45, 7) is 0.334. The molecule has 1 N–H and O–H groups in total. The lowest BCUT2D eigenvalue weighted by Gasteiger charge is -2.06. The molecule has 0 amide bonds. The Hall–Kier alpha value is -2.09. The Morgan fingerprint density at radius 2 is 2.10 bits per heavy atom. The largest absolute Gasteiger partial charge is 0.416 e. The van der Waals surface area contributed by atoms with E-state index in [4.69, 9.17) is 16.7 Å². The summed E-state index contributed by atoms with van der Waals surface area (Å²) < 4.78 is 44.7. The van der Waals surface area contributed by atoms with Gasteiger partial charge in [-0.2, -0.15) is 13.2 Å². The van der Waals surface area contributed by atoms with E-state index >= 15 is 0 Å². The Kier molecular flexibility index (Phi) is 2.89. The number of imidazole rings is 1. The fraction of sp³-hybridized carbons (Fsp3) is 0.167. The molecule has 0 aliphatic heterocycles. The van der Waals surface area contributed by atoms with E-state index in [0.29, 0.717) is 28.0 Å². The van der Waals surface area contributed by atoms with Crippen LogP contribution >= 0.6 is 12.2 Å². The molecule has 104 valence electrons. The van der Waals surface area contributed by atoms with Crippen molar-refractivity contribution in [3.05, 3.63) is 46.6 Å². The number of halogens is 3. The molecule has 4 nitrogen and oxygen atoms in total. The van der Waals surface area contributed by atoms with Crippen molar-refractivity contribution >= 4 is 23.3 Å². The number of aromatic amines is 1. The summed E-state index contributed by atoms with van der Waals surface area (Å²) in [6.07, 6.45) is -2.95. The molecule has 0 spiro atoms. The normalized spacial score (nSPS) is 12.2. The van der Waals surface area contributed by atoms with Crippen molar-refractivity contribution in [3.8, 4) is 0 Å². The van der Waals surface area contributed by atoms with E-state index in [-0.39, 0.29) is 0 Å². The maximum absolute atomic E-state index is 12.7. The lowest BCUT2D eigenvalue weighted by Crippen LogP contribution is -2.04. The van der Waals surface area contributed by atoms with E-state index in [0.717, 1.165) is 12.1 Å². The highest BCUT2D eigenvalue weighted by atomic mass is 32.1. The number of alkyl halides is 3. The quantitative estimate of drug-likeness (QED) is 0.733. The van der Waals surface area contributed by atoms with Crippen LogP contribution in [-0.2, 0) is 12.7 Å². The topological polar surface area (TPSA) is 46.8 Å². The number of aromatic nitrogens is 3. The minimum absolute atomic E-state index is 0.334. The van der Waals surface area contributed by atoms with Crippen molar-refractivity contribution in [1.29, 1.82) is 0 Å². The molecule has 3 rings (SSSR count). The number of fused-ring (bicyclic) bond motifs is 1. The van der Waals surface area contributed by atoms with Gasteiger partial charge >= 0.3 is 6.18 Å². The summed E-state index contributed by atoms with van der Waals surface area (Å²) in [5, 5.41) is 3.76. The van der Waals surface area contributed by atoms with Crippen LogP contribution < -0.4 is 0 Å². The fourth-order valence-electron chi connectivity index (χ4n) is 1.98. The van der Waals surface area contributed by atoms with Crippen LogP contribution in [0.25, 0.3) is 11.0 Å². The molecule has 0 fully saturated rings. The van der Waals surface area contributed by atoms with Gasteiger partial charge in [0.05, 0.1) is 23.1 Å². The van der Waals surface area contributed by atoms with E-state index in [2.05, 4.69) is 10.1 Å². The molecule has 8 heteroatoms. The zero-order valence-electron chi connectivity index (χ0n) is 9.94. The van der Waals surface area contributed by atoms with Gasteiger partial charge < -0.3 is 14.1 Å². The van der Waals surface area contributed by atoms with Crippen LogP contribution in [0.1, 0.15) is 11.3 Å². The molecule has 0 saturated carbocycles. The smallest absolute Gasteiger partial charge is 0.364 e. The summed E-state index contributed by atoms with van der Waals surface area (Å²) >= 11 is 5.13. The van der Waals surface area contributed by atoms with Gasteiger partial charge in [-0.25, -0.2) is 0 Å². The zero-order valence-corrected chi connectivity index (χ0v) is 10.8. The van der Waals surface area contributed by atoms with Crippen LogP contribution in [0.2, 0.25) is 0 Å². The van der Waals surface area contributed by atoms with Crippen molar-refractivity contribution in [2.24, 2.45) is 0 Å². The number of nitrogens with zero attached hydrogens (tertiary/aromatic N) is 2. The summed E-state index contributed by atoms with van der Waals surface area (Å²) in [6, 6.07) is 5.14. The van der Waals surface area contributed by atoms with Crippen molar-refractivity contribution in [3.63, 3.8) is 0 Å². The van der Waals surface area contributed by atoms with Gasteiger partial charge in [0.2, 0.25) is 0 Å². The molecule has 0 atom stereocenters. The van der Waals surface area contributed by atoms with Gasteiger partial charge in [-0.15, -0.1) is 0 Å². The Bertz CT molecular complexity index is 802. The van der Waals surface area contributed by atoms with Crippen molar-refractivity contribution in [2.45, 2.75) is 12.7 Å². The number of benzene rings is 1. The van der Waals surface area contributed by atoms with Gasteiger partial charge in [-0.3, -0.25) is 0 Å². The predicted octanol–water partition coefficient (Wildman–Crippen LogP) is 3.75. The van der Waals surface area contributed by atoms with Crippen molar-refractivity contribution < 1.29 is 17.7 Å². The third kappa shape index (κ3) is 2.22. The van der Waals surface area contributed by atoms with Crippen LogP contribution in [0.5, 0.6) is 0 Å². The third-order valence-electron chi connectivity index (χ3n) is 2.91. The molecule has 0 aliphatic rings. The second-order valence-corrected chi connectivity index (χ2v) is 4.62. The monoisotopic (exact) mass is 299 g/mol. The first-order valence-electron chi connectivity index (χ1n) is 5.64.